The summed E-state index contributed by atoms with van der Waals surface area (Å²) in [6.07, 6.45) is 5.36. The number of hydrogen-bond donors (Lipinski definition) is 1. The lowest BCUT2D eigenvalue weighted by Gasteiger charge is -2.00. The molecular formula is C11H12N6. The molecule has 86 valence electrons. The van der Waals surface area contributed by atoms with E-state index in [2.05, 4.69) is 15.3 Å². The molecule has 0 radical (unpaired) electrons. The van der Waals surface area contributed by atoms with Gasteiger partial charge < -0.3 is 5.73 Å². The molecule has 0 amide bonds. The van der Waals surface area contributed by atoms with Crippen molar-refractivity contribution >= 4 is 11.3 Å². The van der Waals surface area contributed by atoms with E-state index in [1.165, 1.54) is 5.56 Å². The van der Waals surface area contributed by atoms with Gasteiger partial charge in [-0.15, -0.1) is 10.2 Å². The van der Waals surface area contributed by atoms with Gasteiger partial charge in [0.2, 0.25) is 0 Å². The molecule has 0 aliphatic carbocycles. The van der Waals surface area contributed by atoms with Gasteiger partial charge in [0.25, 0.3) is 0 Å². The van der Waals surface area contributed by atoms with Crippen LogP contribution in [-0.4, -0.2) is 24.4 Å². The Morgan fingerprint density at radius 3 is 3.00 bits per heavy atom. The van der Waals surface area contributed by atoms with Crippen molar-refractivity contribution in [2.24, 2.45) is 0 Å². The fraction of sp³-hybridized carbons (Fsp3) is 0.182. The second kappa shape index (κ2) is 3.58. The molecule has 0 aliphatic rings. The van der Waals surface area contributed by atoms with Crippen LogP contribution in [0.2, 0.25) is 0 Å². The van der Waals surface area contributed by atoms with Crippen molar-refractivity contribution < 1.29 is 0 Å². The van der Waals surface area contributed by atoms with E-state index in [4.69, 9.17) is 5.73 Å². The number of nitrogens with two attached hydrogens (primary N) is 1. The average molecular weight is 228 g/mol. The highest BCUT2D eigenvalue weighted by molar-refractivity contribution is 5.40. The Balaban J connectivity index is 2.00. The molecule has 0 atom stereocenters. The summed E-state index contributed by atoms with van der Waals surface area (Å²) in [7, 11) is 0. The van der Waals surface area contributed by atoms with Crippen LogP contribution in [0.3, 0.4) is 0 Å². The van der Waals surface area contributed by atoms with Crippen LogP contribution in [0, 0.1) is 6.92 Å². The van der Waals surface area contributed by atoms with E-state index in [9.17, 15) is 0 Å². The summed E-state index contributed by atoms with van der Waals surface area (Å²) in [5.41, 5.74) is 8.28. The Morgan fingerprint density at radius 2 is 2.24 bits per heavy atom. The summed E-state index contributed by atoms with van der Waals surface area (Å²) < 4.78 is 3.69. The predicted molar refractivity (Wildman–Crippen MR) is 63.5 cm³/mol. The zero-order valence-electron chi connectivity index (χ0n) is 9.41. The number of aromatic nitrogens is 5. The van der Waals surface area contributed by atoms with Gasteiger partial charge in [0.05, 0.1) is 11.9 Å². The van der Waals surface area contributed by atoms with Crippen LogP contribution >= 0.6 is 0 Å². The minimum absolute atomic E-state index is 0.557. The second-order valence-electron chi connectivity index (χ2n) is 4.02. The Morgan fingerprint density at radius 1 is 1.35 bits per heavy atom. The Bertz CT molecular complexity index is 665. The number of hydrogen-bond acceptors (Lipinski definition) is 4. The largest absolute Gasteiger partial charge is 0.396 e. The summed E-state index contributed by atoms with van der Waals surface area (Å²) in [4.78, 5) is 0. The van der Waals surface area contributed by atoms with Gasteiger partial charge in [-0.3, -0.25) is 9.08 Å². The molecule has 0 saturated carbocycles. The highest BCUT2D eigenvalue weighted by atomic mass is 15.3. The fourth-order valence-corrected chi connectivity index (χ4v) is 1.76. The molecule has 0 saturated heterocycles. The predicted octanol–water partition coefficient (Wildman–Crippen LogP) is 0.865. The molecule has 0 bridgehead atoms. The number of nitrogens with zero attached hydrogens (tertiary/aromatic N) is 5. The van der Waals surface area contributed by atoms with Gasteiger partial charge in [0, 0.05) is 12.4 Å². The smallest absolute Gasteiger partial charge is 0.161 e. The van der Waals surface area contributed by atoms with Gasteiger partial charge in [-0.2, -0.15) is 5.10 Å². The third-order valence-corrected chi connectivity index (χ3v) is 2.59. The first-order valence-electron chi connectivity index (χ1n) is 5.30. The van der Waals surface area contributed by atoms with Gasteiger partial charge in [-0.25, -0.2) is 0 Å². The number of rotatable bonds is 2. The number of anilines is 1. The van der Waals surface area contributed by atoms with Gasteiger partial charge in [0.1, 0.15) is 6.54 Å². The number of nitrogen functional groups attached to an aromatic ring is 1. The Labute approximate surface area is 97.7 Å². The maximum atomic E-state index is 5.61. The van der Waals surface area contributed by atoms with Crippen LogP contribution < -0.4 is 5.73 Å². The standard InChI is InChI=1S/C11H12N6/c1-8-2-3-17-10(4-8)14-15-11(17)7-16-6-9(12)5-13-16/h2-6H,7,12H2,1H3. The monoisotopic (exact) mass is 228 g/mol. The molecule has 2 N–H and O–H groups in total. The maximum absolute atomic E-state index is 5.61. The minimum Gasteiger partial charge on any atom is -0.396 e. The first-order chi connectivity index (χ1) is 8.22. The summed E-state index contributed by atoms with van der Waals surface area (Å²) in [6, 6.07) is 4.02. The molecule has 3 heterocycles. The van der Waals surface area contributed by atoms with Crippen molar-refractivity contribution in [3.63, 3.8) is 0 Å². The number of aryl methyl sites for hydroxylation is 1. The van der Waals surface area contributed by atoms with Gasteiger partial charge in [0.15, 0.2) is 11.5 Å². The van der Waals surface area contributed by atoms with Gasteiger partial charge >= 0.3 is 0 Å². The molecule has 6 nitrogen and oxygen atoms in total. The van der Waals surface area contributed by atoms with Gasteiger partial charge in [-0.1, -0.05) is 0 Å². The van der Waals surface area contributed by atoms with E-state index in [1.807, 2.05) is 29.7 Å². The summed E-state index contributed by atoms with van der Waals surface area (Å²) >= 11 is 0. The van der Waals surface area contributed by atoms with Crippen LogP contribution in [0.1, 0.15) is 11.4 Å². The molecule has 0 spiro atoms. The zero-order chi connectivity index (χ0) is 11.8. The normalized spacial score (nSPS) is 11.1. The van der Waals surface area contributed by atoms with Crippen LogP contribution in [0.5, 0.6) is 0 Å². The van der Waals surface area contributed by atoms with Crippen molar-refractivity contribution in [1.82, 2.24) is 24.4 Å². The third kappa shape index (κ3) is 1.73. The van der Waals surface area contributed by atoms with Crippen molar-refractivity contribution in [2.75, 3.05) is 5.73 Å². The van der Waals surface area contributed by atoms with E-state index in [-0.39, 0.29) is 0 Å². The molecule has 3 rings (SSSR count). The lowest BCUT2D eigenvalue weighted by molar-refractivity contribution is 0.649. The summed E-state index contributed by atoms with van der Waals surface area (Å²) in [5.74, 6) is 0.836. The first kappa shape index (κ1) is 9.83. The fourth-order valence-electron chi connectivity index (χ4n) is 1.76. The van der Waals surface area contributed by atoms with Crippen molar-refractivity contribution in [1.29, 1.82) is 0 Å². The van der Waals surface area contributed by atoms with Gasteiger partial charge in [-0.05, 0) is 24.6 Å². The Hall–Kier alpha value is -2.37. The van der Waals surface area contributed by atoms with Crippen LogP contribution in [0.15, 0.2) is 30.7 Å². The van der Waals surface area contributed by atoms with Crippen LogP contribution in [0.25, 0.3) is 5.65 Å². The number of pyridine rings is 1. The molecule has 3 aromatic heterocycles. The van der Waals surface area contributed by atoms with Crippen molar-refractivity contribution in [3.05, 3.63) is 42.1 Å². The number of fused-ring (bicyclic) bond motifs is 1. The van der Waals surface area contributed by atoms with Crippen molar-refractivity contribution in [3.8, 4) is 0 Å². The van der Waals surface area contributed by atoms with E-state index in [1.54, 1.807) is 17.1 Å². The molecule has 0 aliphatic heterocycles. The zero-order valence-corrected chi connectivity index (χ0v) is 9.41. The average Bonchev–Trinajstić information content (AvgIpc) is 2.86. The molecular weight excluding hydrogens is 216 g/mol. The maximum Gasteiger partial charge on any atom is 0.161 e. The second-order valence-corrected chi connectivity index (χ2v) is 4.02. The van der Waals surface area contributed by atoms with E-state index in [0.29, 0.717) is 12.2 Å². The SMILES string of the molecule is Cc1ccn2c(Cn3cc(N)cn3)nnc2c1. The van der Waals surface area contributed by atoms with Crippen molar-refractivity contribution in [2.45, 2.75) is 13.5 Å². The molecule has 0 unspecified atom stereocenters. The van der Waals surface area contributed by atoms with Crippen LogP contribution in [0.4, 0.5) is 5.69 Å². The third-order valence-electron chi connectivity index (χ3n) is 2.59. The molecule has 0 fully saturated rings. The molecule has 3 aromatic rings. The highest BCUT2D eigenvalue weighted by Gasteiger charge is 2.06. The molecule has 0 aromatic carbocycles. The van der Waals surface area contributed by atoms with Crippen LogP contribution in [-0.2, 0) is 6.54 Å². The Kier molecular flexibility index (Phi) is 2.07. The highest BCUT2D eigenvalue weighted by Crippen LogP contribution is 2.08. The lowest BCUT2D eigenvalue weighted by Crippen LogP contribution is -2.04. The molecule has 6 heteroatoms. The van der Waals surface area contributed by atoms with E-state index < -0.39 is 0 Å². The van der Waals surface area contributed by atoms with E-state index >= 15 is 0 Å². The topological polar surface area (TPSA) is 74.0 Å². The summed E-state index contributed by atoms with van der Waals surface area (Å²) in [5, 5.41) is 12.4. The molecule has 17 heavy (non-hydrogen) atoms. The quantitative estimate of drug-likeness (QED) is 0.706. The minimum atomic E-state index is 0.557. The summed E-state index contributed by atoms with van der Waals surface area (Å²) in [6.45, 7) is 2.59. The lowest BCUT2D eigenvalue weighted by atomic mass is 10.3. The van der Waals surface area contributed by atoms with E-state index in [0.717, 1.165) is 11.5 Å². The first-order valence-corrected chi connectivity index (χ1v) is 5.30.